The zero-order valence-electron chi connectivity index (χ0n) is 11.3. The predicted octanol–water partition coefficient (Wildman–Crippen LogP) is 2.21. The molecule has 0 aliphatic heterocycles. The van der Waals surface area contributed by atoms with Gasteiger partial charge in [-0.05, 0) is 53.4 Å². The van der Waals surface area contributed by atoms with Crippen LogP contribution in [0.15, 0.2) is 27.8 Å². The van der Waals surface area contributed by atoms with Gasteiger partial charge in [-0.15, -0.1) is 0 Å². The number of benzene rings is 1. The van der Waals surface area contributed by atoms with E-state index in [1.165, 1.54) is 17.2 Å². The number of hydrogen-bond donors (Lipinski definition) is 3. The maximum absolute atomic E-state index is 11.5. The van der Waals surface area contributed by atoms with Gasteiger partial charge in [-0.3, -0.25) is 0 Å². The summed E-state index contributed by atoms with van der Waals surface area (Å²) in [6.07, 6.45) is 0. The molecule has 0 unspecified atom stereocenters. The molecule has 108 valence electrons. The standard InChI is InChI=1S/C13H17N3O2S2/c1-8-6-19-7-10(8)5-16-12-3-11(14)4-13(9(12)2)20(15,17)18/h3-4,6-7,16H,5,14H2,1-2H3,(H2,15,17,18). The molecule has 0 spiro atoms. The SMILES string of the molecule is Cc1cscc1CNc1cc(N)cc(S(N)(=O)=O)c1C. The lowest BCUT2D eigenvalue weighted by Crippen LogP contribution is -2.15. The van der Waals surface area contributed by atoms with Crippen LogP contribution < -0.4 is 16.2 Å². The van der Waals surface area contributed by atoms with Crippen LogP contribution in [0.2, 0.25) is 0 Å². The first-order chi connectivity index (χ1) is 9.29. The molecule has 0 atom stereocenters. The van der Waals surface area contributed by atoms with Crippen LogP contribution in [-0.2, 0) is 16.6 Å². The molecule has 0 radical (unpaired) electrons. The summed E-state index contributed by atoms with van der Waals surface area (Å²) in [5.41, 5.74) is 9.75. The van der Waals surface area contributed by atoms with Crippen molar-refractivity contribution in [2.75, 3.05) is 11.1 Å². The topological polar surface area (TPSA) is 98.2 Å². The lowest BCUT2D eigenvalue weighted by atomic mass is 10.1. The molecule has 0 fully saturated rings. The van der Waals surface area contributed by atoms with E-state index in [-0.39, 0.29) is 4.90 Å². The second-order valence-electron chi connectivity index (χ2n) is 4.67. The molecular weight excluding hydrogens is 294 g/mol. The molecule has 2 aromatic rings. The number of nitrogen functional groups attached to an aromatic ring is 1. The van der Waals surface area contributed by atoms with E-state index >= 15 is 0 Å². The maximum Gasteiger partial charge on any atom is 0.238 e. The van der Waals surface area contributed by atoms with E-state index in [0.29, 0.717) is 23.5 Å². The van der Waals surface area contributed by atoms with Crippen LogP contribution in [0.5, 0.6) is 0 Å². The van der Waals surface area contributed by atoms with E-state index in [1.54, 1.807) is 24.3 Å². The Hall–Kier alpha value is -1.57. The molecule has 1 aromatic carbocycles. The van der Waals surface area contributed by atoms with Crippen molar-refractivity contribution in [3.05, 3.63) is 39.6 Å². The van der Waals surface area contributed by atoms with E-state index in [9.17, 15) is 8.42 Å². The number of primary sulfonamides is 1. The lowest BCUT2D eigenvalue weighted by molar-refractivity contribution is 0.597. The minimum absolute atomic E-state index is 0.0574. The summed E-state index contributed by atoms with van der Waals surface area (Å²) in [7, 11) is -3.78. The third kappa shape index (κ3) is 3.12. The highest BCUT2D eigenvalue weighted by molar-refractivity contribution is 7.89. The predicted molar refractivity (Wildman–Crippen MR) is 83.3 cm³/mol. The van der Waals surface area contributed by atoms with E-state index in [4.69, 9.17) is 10.9 Å². The van der Waals surface area contributed by atoms with Crippen LogP contribution in [0.4, 0.5) is 11.4 Å². The molecule has 1 aromatic heterocycles. The third-order valence-corrected chi connectivity index (χ3v) is 5.07. The number of nitrogens with one attached hydrogen (secondary N) is 1. The summed E-state index contributed by atoms with van der Waals surface area (Å²) in [4.78, 5) is 0.0574. The molecule has 2 rings (SSSR count). The molecule has 0 saturated carbocycles. The zero-order chi connectivity index (χ0) is 14.9. The molecule has 0 amide bonds. The summed E-state index contributed by atoms with van der Waals surface area (Å²) in [5, 5.41) is 12.5. The number of hydrogen-bond acceptors (Lipinski definition) is 5. The van der Waals surface area contributed by atoms with Crippen molar-refractivity contribution < 1.29 is 8.42 Å². The fraction of sp³-hybridized carbons (Fsp3) is 0.231. The van der Waals surface area contributed by atoms with Crippen LogP contribution in [0.25, 0.3) is 0 Å². The van der Waals surface area contributed by atoms with Gasteiger partial charge < -0.3 is 11.1 Å². The van der Waals surface area contributed by atoms with Gasteiger partial charge in [0.2, 0.25) is 10.0 Å². The van der Waals surface area contributed by atoms with Crippen molar-refractivity contribution in [3.8, 4) is 0 Å². The van der Waals surface area contributed by atoms with Crippen LogP contribution in [0.3, 0.4) is 0 Å². The van der Waals surface area contributed by atoms with Crippen molar-refractivity contribution in [2.45, 2.75) is 25.3 Å². The number of nitrogens with two attached hydrogens (primary N) is 2. The van der Waals surface area contributed by atoms with Gasteiger partial charge in [0.15, 0.2) is 0 Å². The second kappa shape index (κ2) is 5.43. The zero-order valence-corrected chi connectivity index (χ0v) is 12.9. The minimum atomic E-state index is -3.78. The van der Waals surface area contributed by atoms with Crippen molar-refractivity contribution in [1.29, 1.82) is 0 Å². The molecule has 0 bridgehead atoms. The molecule has 7 heteroatoms. The van der Waals surface area contributed by atoms with Crippen molar-refractivity contribution in [1.82, 2.24) is 0 Å². The largest absolute Gasteiger partial charge is 0.399 e. The van der Waals surface area contributed by atoms with Crippen molar-refractivity contribution in [3.63, 3.8) is 0 Å². The molecule has 5 nitrogen and oxygen atoms in total. The number of rotatable bonds is 4. The van der Waals surface area contributed by atoms with E-state index in [2.05, 4.69) is 16.1 Å². The van der Waals surface area contributed by atoms with Gasteiger partial charge in [-0.2, -0.15) is 11.3 Å². The normalized spacial score (nSPS) is 11.6. The molecule has 0 aliphatic carbocycles. The van der Waals surface area contributed by atoms with Crippen LogP contribution in [0.1, 0.15) is 16.7 Å². The Morgan fingerprint density at radius 2 is 1.95 bits per heavy atom. The Labute approximate surface area is 122 Å². The van der Waals surface area contributed by atoms with Gasteiger partial charge in [-0.1, -0.05) is 0 Å². The van der Waals surface area contributed by atoms with Gasteiger partial charge in [0.25, 0.3) is 0 Å². The number of aryl methyl sites for hydroxylation is 1. The summed E-state index contributed by atoms with van der Waals surface area (Å²) < 4.78 is 23.1. The molecule has 20 heavy (non-hydrogen) atoms. The van der Waals surface area contributed by atoms with Crippen molar-refractivity contribution in [2.24, 2.45) is 5.14 Å². The highest BCUT2D eigenvalue weighted by atomic mass is 32.2. The number of anilines is 2. The molecule has 0 saturated heterocycles. The van der Waals surface area contributed by atoms with Gasteiger partial charge in [0.05, 0.1) is 4.90 Å². The Morgan fingerprint density at radius 3 is 2.50 bits per heavy atom. The monoisotopic (exact) mass is 311 g/mol. The highest BCUT2D eigenvalue weighted by Gasteiger charge is 2.15. The Bertz CT molecular complexity index is 736. The summed E-state index contributed by atoms with van der Waals surface area (Å²) >= 11 is 1.64. The van der Waals surface area contributed by atoms with Crippen LogP contribution >= 0.6 is 11.3 Å². The second-order valence-corrected chi connectivity index (χ2v) is 6.94. The molecule has 1 heterocycles. The van der Waals surface area contributed by atoms with E-state index in [0.717, 1.165) is 0 Å². The fourth-order valence-corrected chi connectivity index (χ4v) is 3.64. The maximum atomic E-state index is 11.5. The fourth-order valence-electron chi connectivity index (χ4n) is 1.95. The highest BCUT2D eigenvalue weighted by Crippen LogP contribution is 2.27. The first kappa shape index (κ1) is 14.8. The average molecular weight is 311 g/mol. The van der Waals surface area contributed by atoms with Gasteiger partial charge in [0, 0.05) is 17.9 Å². The first-order valence-corrected chi connectivity index (χ1v) is 8.46. The molecule has 5 N–H and O–H groups in total. The molecular formula is C13H17N3O2S2. The smallest absolute Gasteiger partial charge is 0.238 e. The minimum Gasteiger partial charge on any atom is -0.399 e. The summed E-state index contributed by atoms with van der Waals surface area (Å²) in [5.74, 6) is 0. The van der Waals surface area contributed by atoms with Crippen LogP contribution in [-0.4, -0.2) is 8.42 Å². The van der Waals surface area contributed by atoms with Crippen molar-refractivity contribution >= 4 is 32.7 Å². The quantitative estimate of drug-likeness (QED) is 0.754. The van der Waals surface area contributed by atoms with E-state index in [1.807, 2.05) is 6.92 Å². The Morgan fingerprint density at radius 1 is 1.25 bits per heavy atom. The lowest BCUT2D eigenvalue weighted by Gasteiger charge is -2.13. The Kier molecular flexibility index (Phi) is 4.03. The summed E-state index contributed by atoms with van der Waals surface area (Å²) in [6, 6.07) is 3.09. The first-order valence-electron chi connectivity index (χ1n) is 5.97. The summed E-state index contributed by atoms with van der Waals surface area (Å²) in [6.45, 7) is 4.36. The number of thiophene rings is 1. The third-order valence-electron chi connectivity index (χ3n) is 3.12. The van der Waals surface area contributed by atoms with Gasteiger partial charge in [0.1, 0.15) is 0 Å². The number of sulfonamides is 1. The van der Waals surface area contributed by atoms with Gasteiger partial charge >= 0.3 is 0 Å². The Balaban J connectivity index is 2.33. The van der Waals surface area contributed by atoms with Crippen LogP contribution in [0, 0.1) is 13.8 Å². The van der Waals surface area contributed by atoms with Gasteiger partial charge in [-0.25, -0.2) is 13.6 Å². The molecule has 0 aliphatic rings. The van der Waals surface area contributed by atoms with E-state index < -0.39 is 10.0 Å². The average Bonchev–Trinajstić information content (AvgIpc) is 2.74.